The molecule has 422 valence electrons. The lowest BCUT2D eigenvalue weighted by Gasteiger charge is -2.42. The number of aromatic nitrogens is 2. The van der Waals surface area contributed by atoms with Crippen LogP contribution in [0.15, 0.2) is 72.4 Å². The van der Waals surface area contributed by atoms with Gasteiger partial charge in [-0.3, -0.25) is 24.1 Å². The molecule has 23 heteroatoms. The number of benzene rings is 3. The molecule has 3 aliphatic rings. The Kier molecular flexibility index (Phi) is 24.3. The average molecular weight is 1120 g/mol. The fourth-order valence-corrected chi connectivity index (χ4v) is 10.5. The number of aldehydes is 1. The minimum atomic E-state index is -0.656. The van der Waals surface area contributed by atoms with E-state index in [2.05, 4.69) is 42.3 Å². The van der Waals surface area contributed by atoms with Crippen LogP contribution in [0.5, 0.6) is 5.75 Å². The lowest BCUT2D eigenvalue weighted by molar-refractivity contribution is -0.139. The molecule has 0 aliphatic carbocycles. The van der Waals surface area contributed by atoms with Crippen LogP contribution in [0, 0.1) is 5.82 Å². The highest BCUT2D eigenvalue weighted by Crippen LogP contribution is 2.35. The van der Waals surface area contributed by atoms with E-state index in [1.165, 1.54) is 24.5 Å². The quantitative estimate of drug-likeness (QED) is 0.0229. The largest absolute Gasteiger partial charge is 0.491 e. The molecule has 20 nitrogen and oxygen atoms in total. The lowest BCUT2D eigenvalue weighted by Crippen LogP contribution is -2.54. The predicted octanol–water partition coefficient (Wildman–Crippen LogP) is 5.59. The van der Waals surface area contributed by atoms with Crippen LogP contribution in [0.25, 0.3) is 10.9 Å². The number of hydrogen-bond donors (Lipinski definition) is 3. The molecule has 1 atom stereocenters. The van der Waals surface area contributed by atoms with E-state index in [1.807, 2.05) is 17.0 Å². The number of piperidine rings is 1. The van der Waals surface area contributed by atoms with Crippen LogP contribution in [0.2, 0.25) is 5.02 Å². The number of piperazine rings is 1. The topological polar surface area (TPSA) is 216 Å². The van der Waals surface area contributed by atoms with Gasteiger partial charge >= 0.3 is 0 Å². The summed E-state index contributed by atoms with van der Waals surface area (Å²) in [5, 5.41) is 9.13. The van der Waals surface area contributed by atoms with Crippen molar-refractivity contribution in [3.05, 3.63) is 89.5 Å². The lowest BCUT2D eigenvalue weighted by atomic mass is 10.0. The molecule has 4 amide bonds. The van der Waals surface area contributed by atoms with Gasteiger partial charge in [-0.25, -0.2) is 14.4 Å². The molecule has 7 rings (SSSR count). The zero-order chi connectivity index (χ0) is 55.1. The van der Waals surface area contributed by atoms with Crippen molar-refractivity contribution in [3.63, 3.8) is 0 Å². The molecule has 0 radical (unpaired) electrons. The molecule has 3 N–H and O–H groups in total. The third kappa shape index (κ3) is 17.8. The van der Waals surface area contributed by atoms with E-state index in [-0.39, 0.29) is 42.2 Å². The number of nitrogens with zero attached hydrogens (tertiary/aromatic N) is 6. The number of carbonyl (C=O) groups excluding carboxylic acids is 5. The van der Waals surface area contributed by atoms with Gasteiger partial charge in [-0.05, 0) is 86.8 Å². The van der Waals surface area contributed by atoms with E-state index in [0.717, 1.165) is 68.7 Å². The first-order chi connectivity index (χ1) is 38.0. The summed E-state index contributed by atoms with van der Waals surface area (Å²) < 4.78 is 48.2. The maximum Gasteiger partial charge on any atom is 0.255 e. The Balaban J connectivity index is 0.666. The highest BCUT2D eigenvalue weighted by atomic mass is 35.5. The number of carbonyl (C=O) groups is 5. The summed E-state index contributed by atoms with van der Waals surface area (Å²) in [5.74, 6) is 0.315. The molecule has 1 aromatic heterocycles. The minimum Gasteiger partial charge on any atom is -0.491 e. The minimum absolute atomic E-state index is 0.00891. The number of ether oxygens (including phenoxy) is 6. The van der Waals surface area contributed by atoms with Gasteiger partial charge in [-0.1, -0.05) is 24.2 Å². The van der Waals surface area contributed by atoms with Crippen molar-refractivity contribution in [3.8, 4) is 5.75 Å². The molecular weight excluding hydrogens is 1050 g/mol. The average Bonchev–Trinajstić information content (AvgIpc) is 3.83. The molecule has 3 aliphatic heterocycles. The number of nitrogens with one attached hydrogen (secondary N) is 3. The summed E-state index contributed by atoms with van der Waals surface area (Å²) in [6.45, 7) is 13.9. The number of rotatable bonds is 33. The van der Waals surface area contributed by atoms with Crippen LogP contribution in [-0.4, -0.2) is 203 Å². The van der Waals surface area contributed by atoms with E-state index in [1.54, 1.807) is 48.0 Å². The van der Waals surface area contributed by atoms with Gasteiger partial charge in [0.05, 0.1) is 88.3 Å². The molecule has 4 heterocycles. The van der Waals surface area contributed by atoms with Crippen molar-refractivity contribution in [2.45, 2.75) is 55.6 Å². The highest BCUT2D eigenvalue weighted by Gasteiger charge is 2.34. The zero-order valence-corrected chi connectivity index (χ0v) is 45.8. The Hall–Kier alpha value is -5.82. The van der Waals surface area contributed by atoms with Gasteiger partial charge in [0.1, 0.15) is 36.6 Å². The number of hydrogen-bond acceptors (Lipinski definition) is 17. The number of thioether (sulfide) groups is 1. The summed E-state index contributed by atoms with van der Waals surface area (Å²) in [7, 11) is 1.54. The third-order valence-corrected chi connectivity index (χ3v) is 15.0. The second kappa shape index (κ2) is 31.7. The van der Waals surface area contributed by atoms with Gasteiger partial charge < -0.3 is 63.9 Å². The van der Waals surface area contributed by atoms with Crippen molar-refractivity contribution < 1.29 is 56.8 Å². The number of fused-ring (bicyclic) bond motifs is 2. The van der Waals surface area contributed by atoms with E-state index in [0.29, 0.717) is 137 Å². The molecule has 0 spiro atoms. The summed E-state index contributed by atoms with van der Waals surface area (Å²) in [4.78, 5) is 80.0. The van der Waals surface area contributed by atoms with Crippen LogP contribution < -0.4 is 20.7 Å². The number of halogens is 2. The monoisotopic (exact) mass is 1120 g/mol. The Labute approximate surface area is 464 Å². The first kappa shape index (κ1) is 59.8. The van der Waals surface area contributed by atoms with Crippen LogP contribution in [0.3, 0.4) is 0 Å². The van der Waals surface area contributed by atoms with Crippen molar-refractivity contribution >= 4 is 81.4 Å². The molecule has 1 unspecified atom stereocenters. The maximum atomic E-state index is 13.8. The first-order valence-corrected chi connectivity index (χ1v) is 27.8. The molecule has 78 heavy (non-hydrogen) atoms. The van der Waals surface area contributed by atoms with Gasteiger partial charge in [0.15, 0.2) is 0 Å². The smallest absolute Gasteiger partial charge is 0.255 e. The van der Waals surface area contributed by atoms with Gasteiger partial charge in [0.25, 0.3) is 5.91 Å². The number of anilines is 3. The number of likely N-dealkylation sites (tertiary alicyclic amines) is 1. The zero-order valence-electron chi connectivity index (χ0n) is 44.2. The number of amides is 4. The van der Waals surface area contributed by atoms with Crippen molar-refractivity contribution in [1.82, 2.24) is 34.9 Å². The maximum absolute atomic E-state index is 13.8. The third-order valence-electron chi connectivity index (χ3n) is 13.6. The van der Waals surface area contributed by atoms with Gasteiger partial charge in [0.2, 0.25) is 17.7 Å². The standard InChI is InChI=1S/C55H71ClFN9O11S/c1-3-51(68)62-48-33-43-47(59-38-60-54(43)61-39-8-10-46(57)45(56)32-39)34-49(48)77-21-5-14-63-15-12-40(13-16-63)64-17-19-65(20-18-64)53(70)37-76-29-28-74-25-24-72-22-23-73-26-27-75-30-31-78-50-7-4-6-42-44(50)35-66(55(42)71)41(36-67)9-11-52(69)58-2/h3-4,6-8,10,32-34,36,38,40-41H,1,5,9,11-31,35,37H2,2H3,(H,58,69)(H,62,68)(H,59,60,61). The van der Waals surface area contributed by atoms with E-state index >= 15 is 0 Å². The van der Waals surface area contributed by atoms with Gasteiger partial charge in [0, 0.05) is 92.1 Å². The second-order valence-electron chi connectivity index (χ2n) is 18.7. The summed E-state index contributed by atoms with van der Waals surface area (Å²) in [6, 6.07) is 13.2. The molecular formula is C55H71ClFN9O11S. The first-order valence-electron chi connectivity index (χ1n) is 26.5. The Morgan fingerprint density at radius 2 is 1.59 bits per heavy atom. The van der Waals surface area contributed by atoms with Crippen LogP contribution in [0.4, 0.5) is 21.6 Å². The second-order valence-corrected chi connectivity index (χ2v) is 20.3. The fraction of sp³-hybridized carbons (Fsp3) is 0.509. The molecule has 3 aromatic carbocycles. The van der Waals surface area contributed by atoms with Crippen molar-refractivity contribution in [1.29, 1.82) is 0 Å². The van der Waals surface area contributed by atoms with Crippen LogP contribution in [-0.2, 0) is 49.4 Å². The molecule has 0 bridgehead atoms. The predicted molar refractivity (Wildman–Crippen MR) is 295 cm³/mol. The van der Waals surface area contributed by atoms with Crippen molar-refractivity contribution in [2.75, 3.05) is 142 Å². The molecule has 2 fully saturated rings. The molecule has 4 aromatic rings. The Bertz CT molecular complexity index is 2640. The van der Waals surface area contributed by atoms with E-state index < -0.39 is 17.8 Å². The SMILES string of the molecule is C=CC(=O)Nc1cc2c(Nc3ccc(F)c(Cl)c3)ncnc2cc1OCCCN1CCC(N2CCN(C(=O)COCCOCCOCCOCCOCCSc3cccc4c3CN(C(C=O)CCC(=O)NC)C4=O)CC2)CC1. The van der Waals surface area contributed by atoms with E-state index in [4.69, 9.17) is 40.0 Å². The van der Waals surface area contributed by atoms with Crippen molar-refractivity contribution in [2.24, 2.45) is 0 Å². The van der Waals surface area contributed by atoms with Crippen LogP contribution >= 0.6 is 23.4 Å². The fourth-order valence-electron chi connectivity index (χ4n) is 9.38. The summed E-state index contributed by atoms with van der Waals surface area (Å²) in [5.41, 5.74) is 3.06. The Morgan fingerprint density at radius 1 is 0.885 bits per heavy atom. The van der Waals surface area contributed by atoms with Crippen LogP contribution in [0.1, 0.15) is 48.0 Å². The Morgan fingerprint density at radius 3 is 2.27 bits per heavy atom. The summed E-state index contributed by atoms with van der Waals surface area (Å²) in [6.07, 6.45) is 6.68. The normalized spacial score (nSPS) is 15.6. The van der Waals surface area contributed by atoms with Gasteiger partial charge in [-0.15, -0.1) is 11.8 Å². The molecule has 2 saturated heterocycles. The summed E-state index contributed by atoms with van der Waals surface area (Å²) >= 11 is 7.59. The van der Waals surface area contributed by atoms with Gasteiger partial charge in [-0.2, -0.15) is 0 Å². The highest BCUT2D eigenvalue weighted by molar-refractivity contribution is 7.99. The van der Waals surface area contributed by atoms with E-state index in [9.17, 15) is 28.4 Å². The molecule has 0 saturated carbocycles.